The van der Waals surface area contributed by atoms with Crippen LogP contribution in [0, 0.1) is 0 Å². The number of amides is 1. The van der Waals surface area contributed by atoms with Crippen molar-refractivity contribution in [3.63, 3.8) is 0 Å². The molecule has 0 bridgehead atoms. The molecule has 1 N–H and O–H groups in total. The number of ketones is 1. The fourth-order valence-corrected chi connectivity index (χ4v) is 1.83. The number of carbonyl (C=O) groups is 2. The first-order valence-corrected chi connectivity index (χ1v) is 6.87. The maximum absolute atomic E-state index is 11.8. The third kappa shape index (κ3) is 4.89. The molecule has 19 heavy (non-hydrogen) atoms. The van der Waals surface area contributed by atoms with E-state index in [9.17, 15) is 9.59 Å². The fourth-order valence-electron chi connectivity index (χ4n) is 1.83. The second kappa shape index (κ2) is 7.12. The lowest BCUT2D eigenvalue weighted by Crippen LogP contribution is -2.42. The molecule has 0 saturated carbocycles. The average Bonchev–Trinajstić information content (AvgIpc) is 2.34. The molecular weight excluding hydrogens is 242 g/mol. The summed E-state index contributed by atoms with van der Waals surface area (Å²) in [5.74, 6) is -0.200. The van der Waals surface area contributed by atoms with Crippen LogP contribution in [0.4, 0.5) is 4.79 Å². The summed E-state index contributed by atoms with van der Waals surface area (Å²) in [4.78, 5) is 23.5. The second-order valence-electron chi connectivity index (χ2n) is 5.07. The fraction of sp³-hybridized carbons (Fsp3) is 0.600. The Morgan fingerprint density at radius 2 is 2.11 bits per heavy atom. The van der Waals surface area contributed by atoms with E-state index in [1.165, 1.54) is 12.5 Å². The number of unbranched alkanes of at least 4 members (excludes halogenated alkanes) is 3. The zero-order valence-electron chi connectivity index (χ0n) is 12.0. The van der Waals surface area contributed by atoms with Crippen LogP contribution in [0.15, 0.2) is 23.8 Å². The van der Waals surface area contributed by atoms with Gasteiger partial charge in [0.1, 0.15) is 0 Å². The van der Waals surface area contributed by atoms with E-state index in [4.69, 9.17) is 4.74 Å². The van der Waals surface area contributed by atoms with Gasteiger partial charge in [0.25, 0.3) is 0 Å². The number of ether oxygens (including phenoxy) is 1. The van der Waals surface area contributed by atoms with Gasteiger partial charge in [-0.15, -0.1) is 0 Å². The predicted molar refractivity (Wildman–Crippen MR) is 74.9 cm³/mol. The molecule has 1 unspecified atom stereocenters. The van der Waals surface area contributed by atoms with Gasteiger partial charge in [-0.3, -0.25) is 4.79 Å². The Balaban J connectivity index is 2.36. The molecule has 0 heterocycles. The summed E-state index contributed by atoms with van der Waals surface area (Å²) in [6.45, 7) is 6.16. The van der Waals surface area contributed by atoms with E-state index >= 15 is 0 Å². The molecule has 0 radical (unpaired) electrons. The zero-order chi connectivity index (χ0) is 14.3. The van der Waals surface area contributed by atoms with Gasteiger partial charge >= 0.3 is 6.09 Å². The SMILES string of the molecule is CCCCCCNC(=O)OC1(C)C=CC(C)=CC1=O. The highest BCUT2D eigenvalue weighted by molar-refractivity contribution is 6.01. The maximum atomic E-state index is 11.8. The topological polar surface area (TPSA) is 55.4 Å². The molecule has 1 rings (SSSR count). The normalized spacial score (nSPS) is 22.1. The summed E-state index contributed by atoms with van der Waals surface area (Å²) in [6, 6.07) is 0. The molecule has 4 nitrogen and oxygen atoms in total. The van der Waals surface area contributed by atoms with Gasteiger partial charge < -0.3 is 10.1 Å². The minimum atomic E-state index is -1.17. The first kappa shape index (κ1) is 15.5. The molecule has 0 aliphatic heterocycles. The lowest BCUT2D eigenvalue weighted by Gasteiger charge is -2.26. The predicted octanol–water partition coefficient (Wildman–Crippen LogP) is 3.14. The van der Waals surface area contributed by atoms with Crippen molar-refractivity contribution < 1.29 is 14.3 Å². The van der Waals surface area contributed by atoms with E-state index in [1.807, 2.05) is 6.92 Å². The smallest absolute Gasteiger partial charge is 0.408 e. The van der Waals surface area contributed by atoms with Gasteiger partial charge in [-0.25, -0.2) is 4.79 Å². The van der Waals surface area contributed by atoms with Gasteiger partial charge in [-0.2, -0.15) is 0 Å². The Kier molecular flexibility index (Phi) is 5.80. The highest BCUT2D eigenvalue weighted by Crippen LogP contribution is 2.21. The van der Waals surface area contributed by atoms with Crippen molar-refractivity contribution in [1.82, 2.24) is 5.32 Å². The summed E-state index contributed by atoms with van der Waals surface area (Å²) in [7, 11) is 0. The Morgan fingerprint density at radius 3 is 2.74 bits per heavy atom. The maximum Gasteiger partial charge on any atom is 0.408 e. The highest BCUT2D eigenvalue weighted by atomic mass is 16.6. The monoisotopic (exact) mass is 265 g/mol. The molecule has 106 valence electrons. The van der Waals surface area contributed by atoms with Gasteiger partial charge in [0.05, 0.1) is 0 Å². The molecule has 0 fully saturated rings. The van der Waals surface area contributed by atoms with Gasteiger partial charge in [0.2, 0.25) is 5.78 Å². The van der Waals surface area contributed by atoms with E-state index in [-0.39, 0.29) is 5.78 Å². The summed E-state index contributed by atoms with van der Waals surface area (Å²) in [5, 5.41) is 2.68. The third-order valence-corrected chi connectivity index (χ3v) is 3.12. The molecule has 0 aromatic carbocycles. The second-order valence-corrected chi connectivity index (χ2v) is 5.07. The van der Waals surface area contributed by atoms with Crippen molar-refractivity contribution in [2.75, 3.05) is 6.54 Å². The number of hydrogen-bond acceptors (Lipinski definition) is 3. The van der Waals surface area contributed by atoms with E-state index in [0.717, 1.165) is 24.8 Å². The van der Waals surface area contributed by atoms with Crippen LogP contribution in [-0.2, 0) is 9.53 Å². The Hall–Kier alpha value is -1.58. The summed E-state index contributed by atoms with van der Waals surface area (Å²) in [6.07, 6.45) is 8.72. The van der Waals surface area contributed by atoms with Crippen molar-refractivity contribution in [3.8, 4) is 0 Å². The van der Waals surface area contributed by atoms with E-state index < -0.39 is 11.7 Å². The van der Waals surface area contributed by atoms with Crippen LogP contribution in [0.1, 0.15) is 46.5 Å². The minimum absolute atomic E-state index is 0.200. The summed E-state index contributed by atoms with van der Waals surface area (Å²) < 4.78 is 5.21. The van der Waals surface area contributed by atoms with Crippen molar-refractivity contribution in [2.45, 2.75) is 52.1 Å². The number of alkyl carbamates (subject to hydrolysis) is 1. The molecule has 4 heteroatoms. The molecule has 0 spiro atoms. The number of rotatable bonds is 6. The average molecular weight is 265 g/mol. The molecule has 1 amide bonds. The van der Waals surface area contributed by atoms with Crippen molar-refractivity contribution in [1.29, 1.82) is 0 Å². The Labute approximate surface area is 114 Å². The van der Waals surface area contributed by atoms with Crippen LogP contribution in [0.25, 0.3) is 0 Å². The lowest BCUT2D eigenvalue weighted by molar-refractivity contribution is -0.127. The van der Waals surface area contributed by atoms with Crippen LogP contribution in [-0.4, -0.2) is 24.0 Å². The van der Waals surface area contributed by atoms with Crippen molar-refractivity contribution >= 4 is 11.9 Å². The van der Waals surface area contributed by atoms with Crippen LogP contribution >= 0.6 is 0 Å². The molecular formula is C15H23NO3. The van der Waals surface area contributed by atoms with E-state index in [0.29, 0.717) is 6.54 Å². The summed E-state index contributed by atoms with van der Waals surface area (Å²) >= 11 is 0. The van der Waals surface area contributed by atoms with Crippen LogP contribution in [0.5, 0.6) is 0 Å². The summed E-state index contributed by atoms with van der Waals surface area (Å²) in [5.41, 5.74) is -0.307. The quantitative estimate of drug-likeness (QED) is 0.751. The van der Waals surface area contributed by atoms with Gasteiger partial charge in [-0.1, -0.05) is 32.3 Å². The first-order valence-electron chi connectivity index (χ1n) is 6.87. The number of hydrogen-bond donors (Lipinski definition) is 1. The molecule has 1 aliphatic rings. The zero-order valence-corrected chi connectivity index (χ0v) is 12.0. The van der Waals surface area contributed by atoms with E-state index in [1.54, 1.807) is 19.1 Å². The van der Waals surface area contributed by atoms with E-state index in [2.05, 4.69) is 12.2 Å². The van der Waals surface area contributed by atoms with Crippen molar-refractivity contribution in [2.24, 2.45) is 0 Å². The number of nitrogens with one attached hydrogen (secondary N) is 1. The highest BCUT2D eigenvalue weighted by Gasteiger charge is 2.34. The molecule has 0 aromatic heterocycles. The first-order chi connectivity index (χ1) is 8.98. The van der Waals surface area contributed by atoms with Crippen LogP contribution in [0.2, 0.25) is 0 Å². The largest absolute Gasteiger partial charge is 0.431 e. The Bertz CT molecular complexity index is 398. The van der Waals surface area contributed by atoms with Gasteiger partial charge in [0, 0.05) is 6.54 Å². The standard InChI is InChI=1S/C15H23NO3/c1-4-5-6-7-10-16-14(18)19-15(3)9-8-12(2)11-13(15)17/h8-9,11H,4-7,10H2,1-3H3,(H,16,18). The minimum Gasteiger partial charge on any atom is -0.431 e. The van der Waals surface area contributed by atoms with Gasteiger partial charge in [0.15, 0.2) is 5.60 Å². The Morgan fingerprint density at radius 1 is 1.37 bits per heavy atom. The van der Waals surface area contributed by atoms with Crippen LogP contribution < -0.4 is 5.32 Å². The molecule has 1 aliphatic carbocycles. The number of carbonyl (C=O) groups excluding carboxylic acids is 2. The lowest BCUT2D eigenvalue weighted by atomic mass is 9.93. The van der Waals surface area contributed by atoms with Crippen molar-refractivity contribution in [3.05, 3.63) is 23.8 Å². The van der Waals surface area contributed by atoms with Crippen LogP contribution in [0.3, 0.4) is 0 Å². The van der Waals surface area contributed by atoms with Gasteiger partial charge in [-0.05, 0) is 38.0 Å². The third-order valence-electron chi connectivity index (χ3n) is 3.12. The molecule has 1 atom stereocenters. The number of allylic oxidation sites excluding steroid dienone is 2. The molecule has 0 saturated heterocycles. The molecule has 0 aromatic rings.